The molecule has 1 aliphatic carbocycles. The van der Waals surface area contributed by atoms with Crippen LogP contribution in [0.5, 0.6) is 0 Å². The Morgan fingerprint density at radius 2 is 1.92 bits per heavy atom. The highest BCUT2D eigenvalue weighted by Gasteiger charge is 2.30. The van der Waals surface area contributed by atoms with E-state index in [2.05, 4.69) is 30.9 Å². The molecule has 2 rings (SSSR count). The first-order valence-electron chi connectivity index (χ1n) is 5.65. The number of hydrogen-bond acceptors (Lipinski definition) is 2. The molecule has 0 amide bonds. The topological polar surface area (TPSA) is 12.0 Å². The molecular weight excluding hydrogens is 178 g/mol. The van der Waals surface area contributed by atoms with Crippen molar-refractivity contribution < 1.29 is 0 Å². The van der Waals surface area contributed by atoms with E-state index in [4.69, 9.17) is 0 Å². The first kappa shape index (κ1) is 9.85. The van der Waals surface area contributed by atoms with Crippen molar-refractivity contribution in [2.24, 2.45) is 5.92 Å². The maximum absolute atomic E-state index is 3.86. The third-order valence-corrected chi connectivity index (χ3v) is 4.99. The monoisotopic (exact) mass is 199 g/mol. The maximum atomic E-state index is 3.86. The summed E-state index contributed by atoms with van der Waals surface area (Å²) in [5.41, 5.74) is 0. The van der Waals surface area contributed by atoms with E-state index in [1.165, 1.54) is 31.4 Å². The van der Waals surface area contributed by atoms with Crippen molar-refractivity contribution in [3.05, 3.63) is 0 Å². The molecule has 1 heterocycles. The fraction of sp³-hybridized carbons (Fsp3) is 1.00. The smallest absolute Gasteiger partial charge is 0.0194 e. The van der Waals surface area contributed by atoms with Crippen LogP contribution in [0.15, 0.2) is 0 Å². The summed E-state index contributed by atoms with van der Waals surface area (Å²) in [4.78, 5) is 0. The van der Waals surface area contributed by atoms with Crippen LogP contribution in [-0.4, -0.2) is 23.1 Å². The minimum Gasteiger partial charge on any atom is -0.310 e. The van der Waals surface area contributed by atoms with Crippen LogP contribution in [0, 0.1) is 5.92 Å². The van der Waals surface area contributed by atoms with E-state index >= 15 is 0 Å². The Bertz CT molecular complexity index is 153. The largest absolute Gasteiger partial charge is 0.310 e. The van der Waals surface area contributed by atoms with Crippen LogP contribution in [0.25, 0.3) is 0 Å². The van der Waals surface area contributed by atoms with Crippen LogP contribution in [0.2, 0.25) is 0 Å². The van der Waals surface area contributed by atoms with Gasteiger partial charge in [0.15, 0.2) is 0 Å². The van der Waals surface area contributed by atoms with Gasteiger partial charge in [0.2, 0.25) is 0 Å². The molecule has 0 spiro atoms. The van der Waals surface area contributed by atoms with Crippen molar-refractivity contribution in [1.82, 2.24) is 5.32 Å². The zero-order valence-corrected chi connectivity index (χ0v) is 9.57. The quantitative estimate of drug-likeness (QED) is 0.734. The minimum absolute atomic E-state index is 0.801. The Labute approximate surface area is 86.0 Å². The molecule has 4 atom stereocenters. The van der Waals surface area contributed by atoms with Crippen molar-refractivity contribution in [2.75, 3.05) is 5.75 Å². The van der Waals surface area contributed by atoms with Crippen LogP contribution in [0.3, 0.4) is 0 Å². The second kappa shape index (κ2) is 4.22. The SMILES string of the molecule is CC1CCCC1NC1CCSC1C. The summed E-state index contributed by atoms with van der Waals surface area (Å²) in [6.45, 7) is 4.77. The molecule has 0 bridgehead atoms. The number of thioether (sulfide) groups is 1. The van der Waals surface area contributed by atoms with Crippen LogP contribution < -0.4 is 5.32 Å². The van der Waals surface area contributed by atoms with E-state index in [0.29, 0.717) is 0 Å². The summed E-state index contributed by atoms with van der Waals surface area (Å²) in [7, 11) is 0. The van der Waals surface area contributed by atoms with Crippen LogP contribution in [0.1, 0.15) is 39.5 Å². The van der Waals surface area contributed by atoms with Crippen molar-refractivity contribution >= 4 is 11.8 Å². The highest BCUT2D eigenvalue weighted by Crippen LogP contribution is 2.30. The summed E-state index contributed by atoms with van der Waals surface area (Å²) >= 11 is 2.13. The lowest BCUT2D eigenvalue weighted by atomic mass is 10.0. The molecule has 13 heavy (non-hydrogen) atoms. The molecule has 0 aromatic rings. The molecule has 76 valence electrons. The van der Waals surface area contributed by atoms with E-state index in [9.17, 15) is 0 Å². The van der Waals surface area contributed by atoms with Gasteiger partial charge in [0.1, 0.15) is 0 Å². The summed E-state index contributed by atoms with van der Waals surface area (Å²) < 4.78 is 0. The molecule has 2 fully saturated rings. The van der Waals surface area contributed by atoms with E-state index in [1.807, 2.05) is 0 Å². The standard InChI is InChI=1S/C11H21NS/c1-8-4-3-5-10(8)12-11-6-7-13-9(11)2/h8-12H,3-7H2,1-2H3. The molecule has 1 N–H and O–H groups in total. The van der Waals surface area contributed by atoms with Gasteiger partial charge in [-0.25, -0.2) is 0 Å². The first-order valence-corrected chi connectivity index (χ1v) is 6.70. The summed E-state index contributed by atoms with van der Waals surface area (Å²) in [6, 6.07) is 1.63. The third-order valence-electron chi connectivity index (χ3n) is 3.67. The second-order valence-corrected chi connectivity index (χ2v) is 6.14. The van der Waals surface area contributed by atoms with E-state index in [1.54, 1.807) is 0 Å². The molecule has 1 saturated carbocycles. The maximum Gasteiger partial charge on any atom is 0.0194 e. The molecule has 1 saturated heterocycles. The number of hydrogen-bond donors (Lipinski definition) is 1. The summed E-state index contributed by atoms with van der Waals surface area (Å²) in [5, 5.41) is 4.70. The fourth-order valence-corrected chi connectivity index (χ4v) is 3.83. The zero-order chi connectivity index (χ0) is 9.26. The lowest BCUT2D eigenvalue weighted by Crippen LogP contribution is -2.42. The molecule has 1 aliphatic heterocycles. The molecule has 1 nitrogen and oxygen atoms in total. The highest BCUT2D eigenvalue weighted by atomic mass is 32.2. The molecule has 0 aromatic carbocycles. The van der Waals surface area contributed by atoms with Gasteiger partial charge in [-0.1, -0.05) is 20.3 Å². The molecule has 0 aromatic heterocycles. The number of rotatable bonds is 2. The van der Waals surface area contributed by atoms with Crippen LogP contribution >= 0.6 is 11.8 Å². The molecule has 4 unspecified atom stereocenters. The highest BCUT2D eigenvalue weighted by molar-refractivity contribution is 8.00. The summed E-state index contributed by atoms with van der Waals surface area (Å²) in [6.07, 6.45) is 5.67. The Balaban J connectivity index is 1.82. The predicted octanol–water partition coefficient (Wildman–Crippen LogP) is 2.66. The van der Waals surface area contributed by atoms with Gasteiger partial charge in [-0.15, -0.1) is 0 Å². The molecule has 0 radical (unpaired) electrons. The van der Waals surface area contributed by atoms with Gasteiger partial charge in [-0.2, -0.15) is 11.8 Å². The Kier molecular flexibility index (Phi) is 3.20. The lowest BCUT2D eigenvalue weighted by Gasteiger charge is -2.24. The second-order valence-electron chi connectivity index (χ2n) is 4.65. The van der Waals surface area contributed by atoms with Gasteiger partial charge < -0.3 is 5.32 Å². The van der Waals surface area contributed by atoms with Gasteiger partial charge in [0.05, 0.1) is 0 Å². The average molecular weight is 199 g/mol. The molecule has 2 aliphatic rings. The fourth-order valence-electron chi connectivity index (χ4n) is 2.62. The van der Waals surface area contributed by atoms with Crippen molar-refractivity contribution in [3.63, 3.8) is 0 Å². The average Bonchev–Trinajstić information content (AvgIpc) is 2.65. The van der Waals surface area contributed by atoms with Gasteiger partial charge in [0, 0.05) is 17.3 Å². The van der Waals surface area contributed by atoms with E-state index in [0.717, 1.165) is 23.3 Å². The van der Waals surface area contributed by atoms with Gasteiger partial charge in [-0.05, 0) is 30.9 Å². The Morgan fingerprint density at radius 1 is 1.08 bits per heavy atom. The van der Waals surface area contributed by atoms with Gasteiger partial charge in [0.25, 0.3) is 0 Å². The van der Waals surface area contributed by atoms with Gasteiger partial charge in [-0.3, -0.25) is 0 Å². The van der Waals surface area contributed by atoms with Crippen molar-refractivity contribution in [1.29, 1.82) is 0 Å². The first-order chi connectivity index (χ1) is 6.27. The minimum atomic E-state index is 0.801. The van der Waals surface area contributed by atoms with Crippen molar-refractivity contribution in [3.8, 4) is 0 Å². The normalized spacial score (nSPS) is 45.7. The van der Waals surface area contributed by atoms with Crippen molar-refractivity contribution in [2.45, 2.75) is 56.9 Å². The Morgan fingerprint density at radius 3 is 2.46 bits per heavy atom. The zero-order valence-electron chi connectivity index (χ0n) is 8.75. The van der Waals surface area contributed by atoms with Crippen LogP contribution in [-0.2, 0) is 0 Å². The molecular formula is C11H21NS. The predicted molar refractivity (Wildman–Crippen MR) is 60.3 cm³/mol. The molecule has 2 heteroatoms. The lowest BCUT2D eigenvalue weighted by molar-refractivity contribution is 0.370. The van der Waals surface area contributed by atoms with E-state index in [-0.39, 0.29) is 0 Å². The van der Waals surface area contributed by atoms with Gasteiger partial charge >= 0.3 is 0 Å². The third kappa shape index (κ3) is 2.21. The number of nitrogens with one attached hydrogen (secondary N) is 1. The van der Waals surface area contributed by atoms with Crippen LogP contribution in [0.4, 0.5) is 0 Å². The van der Waals surface area contributed by atoms with E-state index < -0.39 is 0 Å². The Hall–Kier alpha value is 0.310. The summed E-state index contributed by atoms with van der Waals surface area (Å²) in [5.74, 6) is 2.28.